The van der Waals surface area contributed by atoms with Gasteiger partial charge in [-0.05, 0) is 44.0 Å². The van der Waals surface area contributed by atoms with Crippen molar-refractivity contribution >= 4 is 17.3 Å². The highest BCUT2D eigenvalue weighted by molar-refractivity contribution is 5.94. The van der Waals surface area contributed by atoms with Crippen LogP contribution in [-0.2, 0) is 0 Å². The predicted molar refractivity (Wildman–Crippen MR) is 75.7 cm³/mol. The van der Waals surface area contributed by atoms with Crippen LogP contribution in [0.4, 0.5) is 11.4 Å². The maximum atomic E-state index is 11.2. The van der Waals surface area contributed by atoms with Gasteiger partial charge in [0.2, 0.25) is 5.91 Å². The zero-order chi connectivity index (χ0) is 14.5. The average molecular weight is 278 g/mol. The molecule has 108 valence electrons. The third-order valence-electron chi connectivity index (χ3n) is 3.46. The topological polar surface area (TPSA) is 110 Å². The van der Waals surface area contributed by atoms with E-state index in [-0.39, 0.29) is 11.3 Å². The van der Waals surface area contributed by atoms with E-state index >= 15 is 0 Å². The number of hydrogen-bond donors (Lipinski definition) is 3. The molecular weight excluding hydrogens is 260 g/mol. The number of rotatable bonds is 5. The number of hydrogen-bond acceptors (Lipinski definition) is 5. The lowest BCUT2D eigenvalue weighted by molar-refractivity contribution is -0.384. The van der Waals surface area contributed by atoms with Crippen molar-refractivity contribution in [3.63, 3.8) is 0 Å². The Balaban J connectivity index is 2.12. The van der Waals surface area contributed by atoms with Crippen molar-refractivity contribution in [3.8, 4) is 0 Å². The number of nitrogens with one attached hydrogen (secondary N) is 2. The smallest absolute Gasteiger partial charge is 0.292 e. The minimum atomic E-state index is -0.595. The minimum absolute atomic E-state index is 0.0428. The molecule has 7 nitrogen and oxygen atoms in total. The van der Waals surface area contributed by atoms with Crippen LogP contribution in [0.5, 0.6) is 0 Å². The number of amides is 1. The molecule has 0 aromatic heterocycles. The first kappa shape index (κ1) is 14.3. The first-order valence-electron chi connectivity index (χ1n) is 6.60. The molecule has 1 amide bonds. The summed E-state index contributed by atoms with van der Waals surface area (Å²) in [5, 5.41) is 17.4. The summed E-state index contributed by atoms with van der Waals surface area (Å²) in [6.07, 6.45) is 2.19. The van der Waals surface area contributed by atoms with Crippen LogP contribution in [0.1, 0.15) is 23.2 Å². The Labute approximate surface area is 116 Å². The molecule has 0 bridgehead atoms. The Bertz CT molecular complexity index is 512. The van der Waals surface area contributed by atoms with Gasteiger partial charge in [-0.15, -0.1) is 0 Å². The molecule has 2 rings (SSSR count). The number of piperidine rings is 1. The molecule has 0 spiro atoms. The van der Waals surface area contributed by atoms with E-state index in [2.05, 4.69) is 10.6 Å². The van der Waals surface area contributed by atoms with Crippen molar-refractivity contribution in [2.75, 3.05) is 25.0 Å². The van der Waals surface area contributed by atoms with Gasteiger partial charge in [0.05, 0.1) is 4.92 Å². The van der Waals surface area contributed by atoms with E-state index < -0.39 is 10.8 Å². The molecule has 4 N–H and O–H groups in total. The number of benzene rings is 1. The van der Waals surface area contributed by atoms with Gasteiger partial charge in [0.25, 0.3) is 5.69 Å². The fourth-order valence-electron chi connectivity index (χ4n) is 2.34. The van der Waals surface area contributed by atoms with Crippen LogP contribution >= 0.6 is 0 Å². The molecule has 1 fully saturated rings. The number of carbonyl (C=O) groups excluding carboxylic acids is 1. The number of nitro benzene ring substituents is 1. The molecule has 1 aromatic rings. The highest BCUT2D eigenvalue weighted by Gasteiger charge is 2.18. The van der Waals surface area contributed by atoms with Crippen molar-refractivity contribution < 1.29 is 9.72 Å². The van der Waals surface area contributed by atoms with Crippen molar-refractivity contribution in [2.45, 2.75) is 12.8 Å². The Morgan fingerprint density at radius 2 is 2.35 bits per heavy atom. The predicted octanol–water partition coefficient (Wildman–Crippen LogP) is 1.11. The van der Waals surface area contributed by atoms with Crippen LogP contribution in [0.25, 0.3) is 0 Å². The van der Waals surface area contributed by atoms with Crippen LogP contribution in [0.3, 0.4) is 0 Å². The second-order valence-corrected chi connectivity index (χ2v) is 4.95. The number of nitro groups is 1. The standard InChI is InChI=1S/C13H18N4O3/c14-13(18)10-3-4-12(17(19)20)11(6-10)16-8-9-2-1-5-15-7-9/h3-4,6,9,15-16H,1-2,5,7-8H2,(H2,14,18). The van der Waals surface area contributed by atoms with E-state index in [0.717, 1.165) is 25.9 Å². The summed E-state index contributed by atoms with van der Waals surface area (Å²) < 4.78 is 0. The summed E-state index contributed by atoms with van der Waals surface area (Å²) in [6, 6.07) is 4.12. The van der Waals surface area contributed by atoms with Crippen molar-refractivity contribution in [1.82, 2.24) is 5.32 Å². The van der Waals surface area contributed by atoms with Gasteiger partial charge < -0.3 is 16.4 Å². The normalized spacial score (nSPS) is 18.5. The molecule has 20 heavy (non-hydrogen) atoms. The van der Waals surface area contributed by atoms with Gasteiger partial charge in [-0.1, -0.05) is 0 Å². The zero-order valence-electron chi connectivity index (χ0n) is 11.1. The van der Waals surface area contributed by atoms with E-state index in [9.17, 15) is 14.9 Å². The zero-order valence-corrected chi connectivity index (χ0v) is 11.1. The van der Waals surface area contributed by atoms with Crippen molar-refractivity contribution in [2.24, 2.45) is 11.7 Å². The number of nitrogens with zero attached hydrogens (tertiary/aromatic N) is 1. The molecule has 0 saturated carbocycles. The van der Waals surface area contributed by atoms with Gasteiger partial charge >= 0.3 is 0 Å². The third-order valence-corrected chi connectivity index (χ3v) is 3.46. The monoisotopic (exact) mass is 278 g/mol. The lowest BCUT2D eigenvalue weighted by Gasteiger charge is -2.23. The van der Waals surface area contributed by atoms with Gasteiger partial charge in [0.15, 0.2) is 0 Å². The Morgan fingerprint density at radius 3 is 2.95 bits per heavy atom. The third kappa shape index (κ3) is 3.45. The molecular formula is C13H18N4O3. The van der Waals surface area contributed by atoms with Crippen molar-refractivity contribution in [1.29, 1.82) is 0 Å². The maximum absolute atomic E-state index is 11.2. The summed E-state index contributed by atoms with van der Waals surface area (Å²) in [7, 11) is 0. The highest BCUT2D eigenvalue weighted by Crippen LogP contribution is 2.26. The number of primary amides is 1. The Hall–Kier alpha value is -2.15. The molecule has 1 unspecified atom stereocenters. The molecule has 7 heteroatoms. The number of anilines is 1. The van der Waals surface area contributed by atoms with Crippen LogP contribution in [0.15, 0.2) is 18.2 Å². The second kappa shape index (κ2) is 6.33. The largest absolute Gasteiger partial charge is 0.379 e. The van der Waals surface area contributed by atoms with Crippen LogP contribution in [0.2, 0.25) is 0 Å². The summed E-state index contributed by atoms with van der Waals surface area (Å²) in [4.78, 5) is 21.7. The van der Waals surface area contributed by atoms with Gasteiger partial charge in [-0.2, -0.15) is 0 Å². The van der Waals surface area contributed by atoms with Crippen LogP contribution in [0, 0.1) is 16.0 Å². The van der Waals surface area contributed by atoms with Gasteiger partial charge in [-0.25, -0.2) is 0 Å². The Kier molecular flexibility index (Phi) is 4.52. The first-order chi connectivity index (χ1) is 9.58. The average Bonchev–Trinajstić information content (AvgIpc) is 2.45. The second-order valence-electron chi connectivity index (χ2n) is 4.95. The summed E-state index contributed by atoms with van der Waals surface area (Å²) in [6.45, 7) is 2.56. The van der Waals surface area contributed by atoms with Crippen LogP contribution in [-0.4, -0.2) is 30.5 Å². The Morgan fingerprint density at radius 1 is 1.55 bits per heavy atom. The molecule has 0 radical (unpaired) electrons. The maximum Gasteiger partial charge on any atom is 0.292 e. The lowest BCUT2D eigenvalue weighted by Crippen LogP contribution is -2.33. The molecule has 1 atom stereocenters. The van der Waals surface area contributed by atoms with E-state index in [4.69, 9.17) is 5.73 Å². The van der Waals surface area contributed by atoms with E-state index in [1.807, 2.05) is 0 Å². The fraction of sp³-hybridized carbons (Fsp3) is 0.462. The van der Waals surface area contributed by atoms with E-state index in [0.29, 0.717) is 18.2 Å². The number of carbonyl (C=O) groups is 1. The summed E-state index contributed by atoms with van der Waals surface area (Å²) in [5.74, 6) is -0.164. The van der Waals surface area contributed by atoms with E-state index in [1.165, 1.54) is 18.2 Å². The quantitative estimate of drug-likeness (QED) is 0.552. The van der Waals surface area contributed by atoms with Gasteiger partial charge in [0.1, 0.15) is 5.69 Å². The lowest BCUT2D eigenvalue weighted by atomic mass is 9.99. The SMILES string of the molecule is NC(=O)c1ccc([N+](=O)[O-])c(NCC2CCCNC2)c1. The van der Waals surface area contributed by atoms with E-state index in [1.54, 1.807) is 0 Å². The molecule has 0 aliphatic carbocycles. The highest BCUT2D eigenvalue weighted by atomic mass is 16.6. The fourth-order valence-corrected chi connectivity index (χ4v) is 2.34. The van der Waals surface area contributed by atoms with Gasteiger partial charge in [0, 0.05) is 18.2 Å². The van der Waals surface area contributed by atoms with Gasteiger partial charge in [-0.3, -0.25) is 14.9 Å². The van der Waals surface area contributed by atoms with Crippen LogP contribution < -0.4 is 16.4 Å². The molecule has 1 aliphatic rings. The first-order valence-corrected chi connectivity index (χ1v) is 6.60. The number of nitrogens with two attached hydrogens (primary N) is 1. The molecule has 1 aromatic carbocycles. The minimum Gasteiger partial charge on any atom is -0.379 e. The molecule has 1 saturated heterocycles. The van der Waals surface area contributed by atoms with Crippen molar-refractivity contribution in [3.05, 3.63) is 33.9 Å². The molecule has 1 heterocycles. The summed E-state index contributed by atoms with van der Waals surface area (Å²) >= 11 is 0. The molecule has 1 aliphatic heterocycles. The summed E-state index contributed by atoms with van der Waals surface area (Å²) in [5.41, 5.74) is 5.77.